The van der Waals surface area contributed by atoms with Crippen molar-refractivity contribution in [2.75, 3.05) is 6.54 Å². The second-order valence-corrected chi connectivity index (χ2v) is 4.37. The van der Waals surface area contributed by atoms with Crippen molar-refractivity contribution in [3.8, 4) is 11.3 Å². The van der Waals surface area contributed by atoms with Gasteiger partial charge in [-0.15, -0.1) is 0 Å². The third-order valence-electron chi connectivity index (χ3n) is 2.73. The van der Waals surface area contributed by atoms with Gasteiger partial charge in [0.2, 0.25) is 0 Å². The highest BCUT2D eigenvalue weighted by atomic mass is 19.3. The molecule has 1 heterocycles. The van der Waals surface area contributed by atoms with E-state index in [-0.39, 0.29) is 5.76 Å². The molecule has 0 saturated heterocycles. The van der Waals surface area contributed by atoms with Crippen LogP contribution in [-0.2, 0) is 6.42 Å². The smallest absolute Gasteiger partial charge is 0.267 e. The number of furan rings is 1. The quantitative estimate of drug-likeness (QED) is 0.904. The van der Waals surface area contributed by atoms with Gasteiger partial charge in [0, 0.05) is 5.56 Å². The molecular formula is C14H15F2NO. The maximum Gasteiger partial charge on any atom is 0.267 e. The average Bonchev–Trinajstić information content (AvgIpc) is 2.78. The lowest BCUT2D eigenvalue weighted by Gasteiger charge is -2.11. The predicted molar refractivity (Wildman–Crippen MR) is 66.6 cm³/mol. The van der Waals surface area contributed by atoms with E-state index in [1.54, 1.807) is 12.1 Å². The fraction of sp³-hybridized carbons (Fsp3) is 0.286. The molecule has 18 heavy (non-hydrogen) atoms. The molecule has 2 nitrogen and oxygen atoms in total. The Hall–Kier alpha value is -1.68. The van der Waals surface area contributed by atoms with Crippen LogP contribution in [0.2, 0.25) is 0 Å². The van der Waals surface area contributed by atoms with Crippen LogP contribution in [0.1, 0.15) is 11.3 Å². The molecule has 0 aliphatic rings. The molecule has 0 aliphatic carbocycles. The molecule has 1 aromatic carbocycles. The molecule has 0 bridgehead atoms. The van der Waals surface area contributed by atoms with Crippen molar-refractivity contribution in [2.24, 2.45) is 5.73 Å². The van der Waals surface area contributed by atoms with Gasteiger partial charge >= 0.3 is 0 Å². The Labute approximate surface area is 104 Å². The number of aryl methyl sites for hydroxylation is 1. The highest BCUT2D eigenvalue weighted by molar-refractivity contribution is 5.57. The van der Waals surface area contributed by atoms with E-state index in [1.807, 2.05) is 31.2 Å². The number of nitrogens with two attached hydrogens (primary N) is 1. The Bertz CT molecular complexity index is 517. The van der Waals surface area contributed by atoms with Crippen LogP contribution in [0.5, 0.6) is 0 Å². The zero-order valence-electron chi connectivity index (χ0n) is 10.1. The fourth-order valence-corrected chi connectivity index (χ4v) is 1.67. The molecule has 2 aromatic rings. The summed E-state index contributed by atoms with van der Waals surface area (Å²) in [5, 5.41) is 0. The molecule has 0 spiro atoms. The van der Waals surface area contributed by atoms with Crippen LogP contribution in [-0.4, -0.2) is 12.5 Å². The largest absolute Gasteiger partial charge is 0.461 e. The van der Waals surface area contributed by atoms with Crippen LogP contribution in [0.4, 0.5) is 8.78 Å². The molecule has 0 amide bonds. The van der Waals surface area contributed by atoms with E-state index in [4.69, 9.17) is 10.2 Å². The molecule has 0 aliphatic heterocycles. The summed E-state index contributed by atoms with van der Waals surface area (Å²) < 4.78 is 31.6. The molecule has 0 radical (unpaired) electrons. The average molecular weight is 251 g/mol. The number of halogens is 2. The minimum atomic E-state index is -2.91. The van der Waals surface area contributed by atoms with Crippen molar-refractivity contribution >= 4 is 0 Å². The number of benzene rings is 1. The molecule has 0 unspecified atom stereocenters. The molecule has 96 valence electrons. The zero-order valence-corrected chi connectivity index (χ0v) is 10.1. The molecule has 1 aromatic heterocycles. The Balaban J connectivity index is 2.18. The first-order valence-electron chi connectivity index (χ1n) is 5.74. The highest BCUT2D eigenvalue weighted by Gasteiger charge is 2.28. The Kier molecular flexibility index (Phi) is 3.48. The topological polar surface area (TPSA) is 39.2 Å². The third-order valence-corrected chi connectivity index (χ3v) is 2.73. The summed E-state index contributed by atoms with van der Waals surface area (Å²) in [6.07, 6.45) is -0.463. The molecule has 2 rings (SSSR count). The van der Waals surface area contributed by atoms with E-state index >= 15 is 0 Å². The molecule has 2 N–H and O–H groups in total. The van der Waals surface area contributed by atoms with E-state index in [2.05, 4.69) is 0 Å². The van der Waals surface area contributed by atoms with Crippen molar-refractivity contribution in [3.05, 3.63) is 47.7 Å². The van der Waals surface area contributed by atoms with Gasteiger partial charge in [-0.25, -0.2) is 8.78 Å². The fourth-order valence-electron chi connectivity index (χ4n) is 1.67. The van der Waals surface area contributed by atoms with Gasteiger partial charge in [-0.3, -0.25) is 0 Å². The van der Waals surface area contributed by atoms with Gasteiger partial charge in [-0.2, -0.15) is 0 Å². The molecule has 0 atom stereocenters. The second kappa shape index (κ2) is 4.90. The Morgan fingerprint density at radius 2 is 1.78 bits per heavy atom. The van der Waals surface area contributed by atoms with Crippen LogP contribution in [0.15, 0.2) is 40.8 Å². The van der Waals surface area contributed by atoms with Gasteiger partial charge < -0.3 is 10.2 Å². The molecule has 0 fully saturated rings. The maximum absolute atomic E-state index is 13.1. The van der Waals surface area contributed by atoms with Crippen molar-refractivity contribution < 1.29 is 13.2 Å². The molecule has 0 saturated carbocycles. The van der Waals surface area contributed by atoms with Crippen molar-refractivity contribution in [2.45, 2.75) is 19.3 Å². The molecular weight excluding hydrogens is 236 g/mol. The summed E-state index contributed by atoms with van der Waals surface area (Å²) in [6.45, 7) is 1.31. The highest BCUT2D eigenvalue weighted by Crippen LogP contribution is 2.26. The lowest BCUT2D eigenvalue weighted by molar-refractivity contribution is 0.00686. The second-order valence-electron chi connectivity index (χ2n) is 4.37. The predicted octanol–water partition coefficient (Wildman–Crippen LogP) is 3.39. The van der Waals surface area contributed by atoms with Crippen LogP contribution in [0, 0.1) is 6.92 Å². The minimum absolute atomic E-state index is 0.251. The summed E-state index contributed by atoms with van der Waals surface area (Å²) >= 11 is 0. The minimum Gasteiger partial charge on any atom is -0.461 e. The van der Waals surface area contributed by atoms with E-state index in [9.17, 15) is 8.78 Å². The van der Waals surface area contributed by atoms with E-state index < -0.39 is 18.9 Å². The first kappa shape index (κ1) is 12.8. The third kappa shape index (κ3) is 2.96. The number of alkyl halides is 2. The van der Waals surface area contributed by atoms with Crippen molar-refractivity contribution in [1.29, 1.82) is 0 Å². The van der Waals surface area contributed by atoms with Gasteiger partial charge in [0.1, 0.15) is 11.5 Å². The Morgan fingerprint density at radius 3 is 2.39 bits per heavy atom. The number of hydrogen-bond donors (Lipinski definition) is 1. The van der Waals surface area contributed by atoms with Crippen molar-refractivity contribution in [3.63, 3.8) is 0 Å². The van der Waals surface area contributed by atoms with Gasteiger partial charge in [-0.1, -0.05) is 29.8 Å². The monoisotopic (exact) mass is 251 g/mol. The SMILES string of the molecule is Cc1ccc(-c2ccc(CC(F)(F)CN)o2)cc1. The lowest BCUT2D eigenvalue weighted by atomic mass is 10.1. The van der Waals surface area contributed by atoms with E-state index in [1.165, 1.54) is 0 Å². The van der Waals surface area contributed by atoms with E-state index in [0.717, 1.165) is 11.1 Å². The summed E-state index contributed by atoms with van der Waals surface area (Å²) in [5.41, 5.74) is 7.01. The Morgan fingerprint density at radius 1 is 1.11 bits per heavy atom. The first-order chi connectivity index (χ1) is 8.50. The number of hydrogen-bond acceptors (Lipinski definition) is 2. The van der Waals surface area contributed by atoms with Gasteiger partial charge in [-0.05, 0) is 19.1 Å². The maximum atomic E-state index is 13.1. The molecule has 4 heteroatoms. The lowest BCUT2D eigenvalue weighted by Crippen LogP contribution is -2.29. The summed E-state index contributed by atoms with van der Waals surface area (Å²) in [4.78, 5) is 0. The van der Waals surface area contributed by atoms with Crippen LogP contribution >= 0.6 is 0 Å². The van der Waals surface area contributed by atoms with Gasteiger partial charge in [0.25, 0.3) is 5.92 Å². The van der Waals surface area contributed by atoms with Gasteiger partial charge in [0.05, 0.1) is 13.0 Å². The van der Waals surface area contributed by atoms with Crippen LogP contribution in [0.25, 0.3) is 11.3 Å². The summed E-state index contributed by atoms with van der Waals surface area (Å²) in [5.74, 6) is -2.07. The normalized spacial score (nSPS) is 11.8. The first-order valence-corrected chi connectivity index (χ1v) is 5.74. The standard InChI is InChI=1S/C14H15F2NO/c1-10-2-4-11(5-3-10)13-7-6-12(18-13)8-14(15,16)9-17/h2-7H,8-9,17H2,1H3. The summed E-state index contributed by atoms with van der Waals surface area (Å²) in [6, 6.07) is 11.0. The van der Waals surface area contributed by atoms with Crippen LogP contribution < -0.4 is 5.73 Å². The van der Waals surface area contributed by atoms with Gasteiger partial charge in [0.15, 0.2) is 0 Å². The number of rotatable bonds is 4. The van der Waals surface area contributed by atoms with E-state index in [0.29, 0.717) is 5.76 Å². The van der Waals surface area contributed by atoms with Crippen LogP contribution in [0.3, 0.4) is 0 Å². The summed E-state index contributed by atoms with van der Waals surface area (Å²) in [7, 11) is 0. The van der Waals surface area contributed by atoms with Crippen molar-refractivity contribution in [1.82, 2.24) is 0 Å². The zero-order chi connectivity index (χ0) is 13.2.